The first-order chi connectivity index (χ1) is 10.7. The van der Waals surface area contributed by atoms with Gasteiger partial charge in [0.1, 0.15) is 0 Å². The van der Waals surface area contributed by atoms with Crippen LogP contribution in [0.2, 0.25) is 0 Å². The van der Waals surface area contributed by atoms with Crippen LogP contribution in [0, 0.1) is 17.8 Å². The van der Waals surface area contributed by atoms with Gasteiger partial charge in [0.25, 0.3) is 0 Å². The number of rotatable bonds is 4. The fourth-order valence-corrected chi connectivity index (χ4v) is 4.43. The van der Waals surface area contributed by atoms with Gasteiger partial charge in [0.2, 0.25) is 5.91 Å². The lowest BCUT2D eigenvalue weighted by molar-refractivity contribution is -0.138. The summed E-state index contributed by atoms with van der Waals surface area (Å²) in [7, 11) is 0. The molecule has 22 heavy (non-hydrogen) atoms. The summed E-state index contributed by atoms with van der Waals surface area (Å²) in [5.74, 6) is 2.09. The molecule has 0 aromatic rings. The van der Waals surface area contributed by atoms with Crippen molar-refractivity contribution in [2.24, 2.45) is 17.8 Å². The standard InChI is InChI=1S/C18H32N2O2/c1-15(17-4-2-3-5-17)18(21)20-8-6-16(7-9-20)14-19-10-12-22-13-11-19/h15-17H,2-14H2,1H3. The zero-order valence-electron chi connectivity index (χ0n) is 14.1. The van der Waals surface area contributed by atoms with E-state index in [0.717, 1.165) is 45.3 Å². The summed E-state index contributed by atoms with van der Waals surface area (Å²) in [6, 6.07) is 0. The minimum atomic E-state index is 0.248. The van der Waals surface area contributed by atoms with Gasteiger partial charge >= 0.3 is 0 Å². The van der Waals surface area contributed by atoms with Crippen LogP contribution in [0.3, 0.4) is 0 Å². The number of carbonyl (C=O) groups is 1. The molecule has 0 bridgehead atoms. The number of morpholine rings is 1. The van der Waals surface area contributed by atoms with Crippen molar-refractivity contribution in [3.8, 4) is 0 Å². The van der Waals surface area contributed by atoms with E-state index in [1.54, 1.807) is 0 Å². The Hall–Kier alpha value is -0.610. The quantitative estimate of drug-likeness (QED) is 0.799. The second-order valence-electron chi connectivity index (χ2n) is 7.51. The van der Waals surface area contributed by atoms with Crippen LogP contribution in [0.15, 0.2) is 0 Å². The Morgan fingerprint density at radius 2 is 1.68 bits per heavy atom. The second kappa shape index (κ2) is 7.78. The minimum absolute atomic E-state index is 0.248. The van der Waals surface area contributed by atoms with E-state index in [1.165, 1.54) is 45.1 Å². The SMILES string of the molecule is CC(C(=O)N1CCC(CN2CCOCC2)CC1)C1CCCC1. The molecular formula is C18H32N2O2. The highest BCUT2D eigenvalue weighted by atomic mass is 16.5. The summed E-state index contributed by atoms with van der Waals surface area (Å²) >= 11 is 0. The van der Waals surface area contributed by atoms with Crippen molar-refractivity contribution in [2.75, 3.05) is 45.9 Å². The van der Waals surface area contributed by atoms with E-state index in [4.69, 9.17) is 4.74 Å². The van der Waals surface area contributed by atoms with Gasteiger partial charge in [-0.3, -0.25) is 9.69 Å². The summed E-state index contributed by atoms with van der Waals surface area (Å²) in [4.78, 5) is 17.4. The number of piperidine rings is 1. The van der Waals surface area contributed by atoms with Crippen molar-refractivity contribution in [3.05, 3.63) is 0 Å². The largest absolute Gasteiger partial charge is 0.379 e. The first-order valence-electron chi connectivity index (χ1n) is 9.33. The van der Waals surface area contributed by atoms with Gasteiger partial charge in [-0.25, -0.2) is 0 Å². The minimum Gasteiger partial charge on any atom is -0.379 e. The van der Waals surface area contributed by atoms with Crippen molar-refractivity contribution in [1.82, 2.24) is 9.80 Å². The van der Waals surface area contributed by atoms with E-state index in [2.05, 4.69) is 16.7 Å². The van der Waals surface area contributed by atoms with E-state index in [1.807, 2.05) is 0 Å². The number of hydrogen-bond acceptors (Lipinski definition) is 3. The van der Waals surface area contributed by atoms with Crippen LogP contribution in [0.5, 0.6) is 0 Å². The number of hydrogen-bond donors (Lipinski definition) is 0. The molecule has 0 N–H and O–H groups in total. The third kappa shape index (κ3) is 4.02. The van der Waals surface area contributed by atoms with Gasteiger partial charge in [0, 0.05) is 38.6 Å². The predicted molar refractivity (Wildman–Crippen MR) is 87.7 cm³/mol. The van der Waals surface area contributed by atoms with E-state index in [9.17, 15) is 4.79 Å². The van der Waals surface area contributed by atoms with Gasteiger partial charge in [0.05, 0.1) is 13.2 Å². The fraction of sp³-hybridized carbons (Fsp3) is 0.944. The van der Waals surface area contributed by atoms with Crippen LogP contribution in [-0.2, 0) is 9.53 Å². The molecule has 2 aliphatic heterocycles. The normalized spacial score (nSPS) is 27.2. The summed E-state index contributed by atoms with van der Waals surface area (Å²) in [5.41, 5.74) is 0. The highest BCUT2D eigenvalue weighted by molar-refractivity contribution is 5.78. The third-order valence-corrected chi connectivity index (χ3v) is 6.04. The molecule has 1 unspecified atom stereocenters. The zero-order chi connectivity index (χ0) is 15.4. The van der Waals surface area contributed by atoms with Crippen molar-refractivity contribution in [3.63, 3.8) is 0 Å². The number of likely N-dealkylation sites (tertiary alicyclic amines) is 1. The molecule has 3 aliphatic rings. The summed E-state index contributed by atoms with van der Waals surface area (Å²) in [5, 5.41) is 0. The lowest BCUT2D eigenvalue weighted by Gasteiger charge is -2.37. The lowest BCUT2D eigenvalue weighted by atomic mass is 9.89. The van der Waals surface area contributed by atoms with Crippen LogP contribution in [-0.4, -0.2) is 61.6 Å². The van der Waals surface area contributed by atoms with Gasteiger partial charge in [-0.1, -0.05) is 19.8 Å². The average molecular weight is 308 g/mol. The Morgan fingerprint density at radius 1 is 1.05 bits per heavy atom. The molecule has 0 aromatic carbocycles. The third-order valence-electron chi connectivity index (χ3n) is 6.04. The van der Waals surface area contributed by atoms with Gasteiger partial charge in [-0.05, 0) is 37.5 Å². The maximum Gasteiger partial charge on any atom is 0.225 e. The molecule has 1 saturated carbocycles. The van der Waals surface area contributed by atoms with Gasteiger partial charge in [-0.2, -0.15) is 0 Å². The first-order valence-corrected chi connectivity index (χ1v) is 9.33. The molecule has 2 saturated heterocycles. The smallest absolute Gasteiger partial charge is 0.225 e. The van der Waals surface area contributed by atoms with Gasteiger partial charge in [-0.15, -0.1) is 0 Å². The fourth-order valence-electron chi connectivity index (χ4n) is 4.43. The van der Waals surface area contributed by atoms with Gasteiger partial charge < -0.3 is 9.64 Å². The molecule has 126 valence electrons. The van der Waals surface area contributed by atoms with E-state index < -0.39 is 0 Å². The molecule has 4 nitrogen and oxygen atoms in total. The Balaban J connectivity index is 1.41. The molecular weight excluding hydrogens is 276 g/mol. The Labute approximate surface area is 135 Å². The van der Waals surface area contributed by atoms with Crippen LogP contribution in [0.1, 0.15) is 45.4 Å². The van der Waals surface area contributed by atoms with E-state index >= 15 is 0 Å². The van der Waals surface area contributed by atoms with Crippen molar-refractivity contribution in [2.45, 2.75) is 45.4 Å². The predicted octanol–water partition coefficient (Wildman–Crippen LogP) is 2.38. The molecule has 0 radical (unpaired) electrons. The van der Waals surface area contributed by atoms with Crippen LogP contribution < -0.4 is 0 Å². The van der Waals surface area contributed by atoms with Crippen molar-refractivity contribution >= 4 is 5.91 Å². The number of carbonyl (C=O) groups excluding carboxylic acids is 1. The van der Waals surface area contributed by atoms with Crippen molar-refractivity contribution in [1.29, 1.82) is 0 Å². The zero-order valence-corrected chi connectivity index (χ0v) is 14.1. The van der Waals surface area contributed by atoms with Crippen LogP contribution >= 0.6 is 0 Å². The van der Waals surface area contributed by atoms with E-state index in [-0.39, 0.29) is 5.92 Å². The van der Waals surface area contributed by atoms with Gasteiger partial charge in [0.15, 0.2) is 0 Å². The lowest BCUT2D eigenvalue weighted by Crippen LogP contribution is -2.46. The Kier molecular flexibility index (Phi) is 5.75. The number of ether oxygens (including phenoxy) is 1. The second-order valence-corrected chi connectivity index (χ2v) is 7.51. The molecule has 0 spiro atoms. The molecule has 0 aromatic heterocycles. The number of nitrogens with zero attached hydrogens (tertiary/aromatic N) is 2. The Bertz CT molecular complexity index is 354. The summed E-state index contributed by atoms with van der Waals surface area (Å²) < 4.78 is 5.42. The van der Waals surface area contributed by atoms with E-state index in [0.29, 0.717) is 11.8 Å². The molecule has 3 rings (SSSR count). The van der Waals surface area contributed by atoms with Crippen LogP contribution in [0.25, 0.3) is 0 Å². The number of amides is 1. The Morgan fingerprint density at radius 3 is 2.32 bits per heavy atom. The summed E-state index contributed by atoms with van der Waals surface area (Å²) in [6.45, 7) is 9.25. The highest BCUT2D eigenvalue weighted by Crippen LogP contribution is 2.33. The first kappa shape index (κ1) is 16.3. The maximum atomic E-state index is 12.7. The molecule has 3 fully saturated rings. The maximum absolute atomic E-state index is 12.7. The molecule has 2 heterocycles. The van der Waals surface area contributed by atoms with Crippen LogP contribution in [0.4, 0.5) is 0 Å². The monoisotopic (exact) mass is 308 g/mol. The molecule has 1 atom stereocenters. The molecule has 4 heteroatoms. The highest BCUT2D eigenvalue weighted by Gasteiger charge is 2.32. The van der Waals surface area contributed by atoms with Crippen molar-refractivity contribution < 1.29 is 9.53 Å². The molecule has 1 amide bonds. The average Bonchev–Trinajstić information content (AvgIpc) is 3.10. The molecule has 1 aliphatic carbocycles. The summed E-state index contributed by atoms with van der Waals surface area (Å²) in [6.07, 6.45) is 7.54. The topological polar surface area (TPSA) is 32.8 Å².